The second kappa shape index (κ2) is 5.13. The van der Waals surface area contributed by atoms with Crippen LogP contribution in [-0.2, 0) is 7.05 Å². The lowest BCUT2D eigenvalue weighted by Gasteiger charge is -2.07. The van der Waals surface area contributed by atoms with E-state index in [1.165, 1.54) is 0 Å². The summed E-state index contributed by atoms with van der Waals surface area (Å²) in [5, 5.41) is 0.559. The topological polar surface area (TPSA) is 22.0 Å². The predicted molar refractivity (Wildman–Crippen MR) is 78.7 cm³/mol. The van der Waals surface area contributed by atoms with Gasteiger partial charge in [-0.3, -0.25) is 4.79 Å². The van der Waals surface area contributed by atoms with E-state index in [2.05, 4.69) is 0 Å². The molecule has 3 aromatic rings. The van der Waals surface area contributed by atoms with Crippen LogP contribution in [-0.4, -0.2) is 16.8 Å². The van der Waals surface area contributed by atoms with Gasteiger partial charge in [0.2, 0.25) is 5.78 Å². The van der Waals surface area contributed by atoms with Crippen LogP contribution in [0.15, 0.2) is 54.6 Å². The fraction of sp³-hybridized carbons (Fsp3) is 0.118. The molecular weight excluding hydrogens is 272 g/mol. The van der Waals surface area contributed by atoms with Gasteiger partial charge in [-0.05, 0) is 11.6 Å². The van der Waals surface area contributed by atoms with Crippen molar-refractivity contribution in [1.82, 2.24) is 4.57 Å². The van der Waals surface area contributed by atoms with Crippen molar-refractivity contribution in [2.24, 2.45) is 7.05 Å². The highest BCUT2D eigenvalue weighted by Gasteiger charge is 2.27. The van der Waals surface area contributed by atoms with Crippen LogP contribution in [0.1, 0.15) is 10.4 Å². The first-order chi connectivity index (χ1) is 10.1. The summed E-state index contributed by atoms with van der Waals surface area (Å²) >= 11 is 0. The highest BCUT2D eigenvalue weighted by molar-refractivity contribution is 6.14. The molecule has 0 aliphatic heterocycles. The molecule has 0 atom stereocenters. The number of aromatic nitrogens is 1. The number of hydrogen-bond donors (Lipinski definition) is 0. The SMILES string of the molecule is Cn1c(-c2ccccc2)c(C(=O)C(F)F)c2ccccc21. The van der Waals surface area contributed by atoms with Crippen molar-refractivity contribution in [3.63, 3.8) is 0 Å². The lowest BCUT2D eigenvalue weighted by atomic mass is 10.0. The monoisotopic (exact) mass is 285 g/mol. The maximum Gasteiger partial charge on any atom is 0.300 e. The number of Topliss-reactive ketones (excluding diaryl/α,β-unsaturated/α-hetero) is 1. The molecule has 0 saturated carbocycles. The average molecular weight is 285 g/mol. The van der Waals surface area contributed by atoms with E-state index in [0.717, 1.165) is 11.1 Å². The van der Waals surface area contributed by atoms with Crippen LogP contribution in [0.3, 0.4) is 0 Å². The van der Waals surface area contributed by atoms with Gasteiger partial charge < -0.3 is 4.57 Å². The lowest BCUT2D eigenvalue weighted by Crippen LogP contribution is -2.11. The fourth-order valence-electron chi connectivity index (χ4n) is 2.69. The Balaban J connectivity index is 2.40. The number of rotatable bonds is 3. The molecule has 0 spiro atoms. The second-order valence-corrected chi connectivity index (χ2v) is 4.83. The summed E-state index contributed by atoms with van der Waals surface area (Å²) in [4.78, 5) is 12.0. The standard InChI is InChI=1S/C17H13F2NO/c1-20-13-10-6-5-9-12(13)14(16(21)17(18)19)15(20)11-7-3-2-4-8-11/h2-10,17H,1H3. The van der Waals surface area contributed by atoms with Crippen molar-refractivity contribution in [1.29, 1.82) is 0 Å². The number of hydrogen-bond acceptors (Lipinski definition) is 1. The average Bonchev–Trinajstić information content (AvgIpc) is 2.81. The third kappa shape index (κ3) is 2.13. The van der Waals surface area contributed by atoms with Crippen LogP contribution < -0.4 is 0 Å². The van der Waals surface area contributed by atoms with E-state index in [9.17, 15) is 13.6 Å². The van der Waals surface area contributed by atoms with Crippen LogP contribution >= 0.6 is 0 Å². The quantitative estimate of drug-likeness (QED) is 0.658. The zero-order chi connectivity index (χ0) is 15.0. The number of benzene rings is 2. The number of halogens is 2. The summed E-state index contributed by atoms with van der Waals surface area (Å²) in [6, 6.07) is 16.2. The van der Waals surface area contributed by atoms with E-state index in [-0.39, 0.29) is 5.56 Å². The first-order valence-corrected chi connectivity index (χ1v) is 6.56. The Morgan fingerprint density at radius 3 is 2.29 bits per heavy atom. The van der Waals surface area contributed by atoms with Crippen LogP contribution in [0.2, 0.25) is 0 Å². The van der Waals surface area contributed by atoms with Gasteiger partial charge in [0.15, 0.2) is 0 Å². The lowest BCUT2D eigenvalue weighted by molar-refractivity contribution is 0.0681. The van der Waals surface area contributed by atoms with E-state index in [1.54, 1.807) is 23.7 Å². The molecule has 0 amide bonds. The summed E-state index contributed by atoms with van der Waals surface area (Å²) in [5.74, 6) is -1.13. The molecule has 3 rings (SSSR count). The minimum atomic E-state index is -3.02. The number of nitrogens with zero attached hydrogens (tertiary/aromatic N) is 1. The third-order valence-corrected chi connectivity index (χ3v) is 3.60. The Kier molecular flexibility index (Phi) is 3.29. The van der Waals surface area contributed by atoms with Gasteiger partial charge in [-0.15, -0.1) is 0 Å². The van der Waals surface area contributed by atoms with E-state index >= 15 is 0 Å². The highest BCUT2D eigenvalue weighted by Crippen LogP contribution is 2.34. The number of ketones is 1. The molecule has 2 aromatic carbocycles. The summed E-state index contributed by atoms with van der Waals surface area (Å²) < 4.78 is 27.8. The Labute approximate surface area is 120 Å². The number of aryl methyl sites for hydroxylation is 1. The molecular formula is C17H13F2NO. The number of alkyl halides is 2. The Hall–Kier alpha value is -2.49. The van der Waals surface area contributed by atoms with E-state index in [1.807, 2.05) is 42.5 Å². The van der Waals surface area contributed by atoms with E-state index in [4.69, 9.17) is 0 Å². The van der Waals surface area contributed by atoms with Crippen molar-refractivity contribution in [2.75, 3.05) is 0 Å². The smallest absolute Gasteiger partial charge is 0.300 e. The van der Waals surface area contributed by atoms with Gasteiger partial charge >= 0.3 is 6.43 Å². The molecule has 0 N–H and O–H groups in total. The molecule has 0 fully saturated rings. The molecule has 1 heterocycles. The van der Waals surface area contributed by atoms with Crippen molar-refractivity contribution in [3.05, 3.63) is 60.2 Å². The fourth-order valence-corrected chi connectivity index (χ4v) is 2.69. The Morgan fingerprint density at radius 1 is 1.00 bits per heavy atom. The first kappa shape index (κ1) is 13.5. The molecule has 4 heteroatoms. The first-order valence-electron chi connectivity index (χ1n) is 6.56. The van der Waals surface area contributed by atoms with Gasteiger partial charge in [0.25, 0.3) is 0 Å². The maximum atomic E-state index is 13.0. The minimum absolute atomic E-state index is 0.0919. The van der Waals surface area contributed by atoms with Gasteiger partial charge in [0.05, 0.1) is 11.3 Å². The predicted octanol–water partition coefficient (Wildman–Crippen LogP) is 4.29. The van der Waals surface area contributed by atoms with Crippen LogP contribution in [0.5, 0.6) is 0 Å². The molecule has 106 valence electrons. The molecule has 0 radical (unpaired) electrons. The van der Waals surface area contributed by atoms with Gasteiger partial charge in [0, 0.05) is 18.0 Å². The number of fused-ring (bicyclic) bond motifs is 1. The number of carbonyl (C=O) groups excluding carboxylic acids is 1. The van der Waals surface area contributed by atoms with Crippen LogP contribution in [0.4, 0.5) is 8.78 Å². The zero-order valence-corrected chi connectivity index (χ0v) is 11.4. The minimum Gasteiger partial charge on any atom is -0.343 e. The summed E-state index contributed by atoms with van der Waals surface area (Å²) in [6.07, 6.45) is -3.02. The third-order valence-electron chi connectivity index (χ3n) is 3.60. The van der Waals surface area contributed by atoms with Crippen molar-refractivity contribution in [3.8, 4) is 11.3 Å². The van der Waals surface area contributed by atoms with Gasteiger partial charge in [-0.2, -0.15) is 0 Å². The van der Waals surface area contributed by atoms with Gasteiger partial charge in [0.1, 0.15) is 0 Å². The molecule has 1 aromatic heterocycles. The molecule has 0 aliphatic rings. The second-order valence-electron chi connectivity index (χ2n) is 4.83. The van der Waals surface area contributed by atoms with Crippen LogP contribution in [0, 0.1) is 0 Å². The van der Waals surface area contributed by atoms with Crippen molar-refractivity contribution in [2.45, 2.75) is 6.43 Å². The zero-order valence-electron chi connectivity index (χ0n) is 11.4. The Morgan fingerprint density at radius 2 is 1.62 bits per heavy atom. The van der Waals surface area contributed by atoms with Crippen LogP contribution in [0.25, 0.3) is 22.2 Å². The van der Waals surface area contributed by atoms with E-state index < -0.39 is 12.2 Å². The molecule has 21 heavy (non-hydrogen) atoms. The largest absolute Gasteiger partial charge is 0.343 e. The maximum absolute atomic E-state index is 13.0. The van der Waals surface area contributed by atoms with Crippen molar-refractivity contribution >= 4 is 16.7 Å². The van der Waals surface area contributed by atoms with E-state index in [0.29, 0.717) is 11.1 Å². The molecule has 0 saturated heterocycles. The number of para-hydroxylation sites is 1. The highest BCUT2D eigenvalue weighted by atomic mass is 19.3. The summed E-state index contributed by atoms with van der Waals surface area (Å²) in [5.41, 5.74) is 2.14. The molecule has 2 nitrogen and oxygen atoms in total. The number of carbonyl (C=O) groups is 1. The van der Waals surface area contributed by atoms with Gasteiger partial charge in [-0.1, -0.05) is 48.5 Å². The normalized spacial score (nSPS) is 11.2. The molecule has 0 unspecified atom stereocenters. The summed E-state index contributed by atoms with van der Waals surface area (Å²) in [7, 11) is 1.78. The van der Waals surface area contributed by atoms with Crippen molar-refractivity contribution < 1.29 is 13.6 Å². The summed E-state index contributed by atoms with van der Waals surface area (Å²) in [6.45, 7) is 0. The van der Waals surface area contributed by atoms with Gasteiger partial charge in [-0.25, -0.2) is 8.78 Å². The molecule has 0 bridgehead atoms. The Bertz CT molecular complexity index is 806. The molecule has 0 aliphatic carbocycles.